The summed E-state index contributed by atoms with van der Waals surface area (Å²) in [6.07, 6.45) is 0. The Bertz CT molecular complexity index is 2050. The Morgan fingerprint density at radius 2 is 1.06 bits per heavy atom. The number of benzene rings is 6. The molecule has 0 unspecified atom stereocenters. The standard InChI is InChI=1S/C42H37BNO3/c1-41(2,45)42(3,4)47-43-33-27-37(40-36-17-11-12-18-38(36)46-39(40)28-33)44(34-23-19-31(20-24-34)29-13-7-5-8-14-29)35-25-21-32(22-26-35)30-15-9-6-10-16-30/h5-28,45H,1-4H3. The summed E-state index contributed by atoms with van der Waals surface area (Å²) in [6, 6.07) is 50.5. The second-order valence-electron chi connectivity index (χ2n) is 13.0. The molecule has 7 aromatic rings. The quantitative estimate of drug-likeness (QED) is 0.164. The van der Waals surface area contributed by atoms with Crippen LogP contribution < -0.4 is 10.4 Å². The van der Waals surface area contributed by atoms with Gasteiger partial charge in [0.15, 0.2) is 0 Å². The van der Waals surface area contributed by atoms with Gasteiger partial charge in [-0.1, -0.05) is 103 Å². The van der Waals surface area contributed by atoms with Gasteiger partial charge in [-0.15, -0.1) is 0 Å². The number of nitrogens with zero attached hydrogens (tertiary/aromatic N) is 1. The number of fused-ring (bicyclic) bond motifs is 3. The van der Waals surface area contributed by atoms with Crippen molar-refractivity contribution < 1.29 is 14.2 Å². The van der Waals surface area contributed by atoms with Crippen molar-refractivity contribution in [2.75, 3.05) is 4.90 Å². The van der Waals surface area contributed by atoms with Crippen molar-refractivity contribution in [2.24, 2.45) is 0 Å². The van der Waals surface area contributed by atoms with Gasteiger partial charge >= 0.3 is 7.48 Å². The summed E-state index contributed by atoms with van der Waals surface area (Å²) in [5, 5.41) is 12.8. The molecule has 0 fully saturated rings. The maximum atomic E-state index is 10.8. The molecule has 1 N–H and O–H groups in total. The van der Waals surface area contributed by atoms with Crippen LogP contribution in [0, 0.1) is 0 Å². The number of hydrogen-bond donors (Lipinski definition) is 1. The fraction of sp³-hybridized carbons (Fsp3) is 0.143. The van der Waals surface area contributed by atoms with E-state index in [0.717, 1.165) is 55.6 Å². The van der Waals surface area contributed by atoms with Gasteiger partial charge in [-0.2, -0.15) is 0 Å². The van der Waals surface area contributed by atoms with Gasteiger partial charge in [-0.3, -0.25) is 0 Å². The van der Waals surface area contributed by atoms with E-state index in [2.05, 4.69) is 114 Å². The third-order valence-electron chi connectivity index (χ3n) is 9.15. The highest BCUT2D eigenvalue weighted by Crippen LogP contribution is 2.43. The SMILES string of the molecule is CC(C)(O)C(C)(C)O[B]c1cc(N(c2ccc(-c3ccccc3)cc2)c2ccc(-c3ccccc3)cc2)c2c(c1)oc1ccccc12. The zero-order valence-corrected chi connectivity index (χ0v) is 27.1. The van der Waals surface area contributed by atoms with Gasteiger partial charge in [0.1, 0.15) is 11.2 Å². The summed E-state index contributed by atoms with van der Waals surface area (Å²) in [5.74, 6) is 0. The summed E-state index contributed by atoms with van der Waals surface area (Å²) in [4.78, 5) is 2.28. The van der Waals surface area contributed by atoms with Crippen LogP contribution in [-0.2, 0) is 4.65 Å². The lowest BCUT2D eigenvalue weighted by atomic mass is 9.82. The Labute approximate surface area is 277 Å². The highest BCUT2D eigenvalue weighted by Gasteiger charge is 2.36. The molecule has 0 spiro atoms. The Morgan fingerprint density at radius 1 is 0.574 bits per heavy atom. The first-order valence-corrected chi connectivity index (χ1v) is 16.0. The highest BCUT2D eigenvalue weighted by atomic mass is 16.5. The van der Waals surface area contributed by atoms with E-state index >= 15 is 0 Å². The fourth-order valence-corrected chi connectivity index (χ4v) is 5.75. The van der Waals surface area contributed by atoms with Crippen molar-refractivity contribution >= 4 is 51.9 Å². The minimum absolute atomic E-state index is 0.756. The summed E-state index contributed by atoms with van der Waals surface area (Å²) >= 11 is 0. The number of anilines is 3. The van der Waals surface area contributed by atoms with E-state index in [-0.39, 0.29) is 0 Å². The zero-order chi connectivity index (χ0) is 32.6. The van der Waals surface area contributed by atoms with E-state index in [0.29, 0.717) is 0 Å². The van der Waals surface area contributed by atoms with Crippen molar-refractivity contribution in [3.8, 4) is 22.3 Å². The van der Waals surface area contributed by atoms with Crippen LogP contribution in [0.4, 0.5) is 17.1 Å². The molecule has 0 atom stereocenters. The fourth-order valence-electron chi connectivity index (χ4n) is 5.75. The molecule has 1 radical (unpaired) electrons. The lowest BCUT2D eigenvalue weighted by Gasteiger charge is -2.37. The maximum absolute atomic E-state index is 10.8. The first kappa shape index (κ1) is 30.6. The molecule has 1 aromatic heterocycles. The van der Waals surface area contributed by atoms with Gasteiger partial charge in [0.05, 0.1) is 22.3 Å². The molecule has 47 heavy (non-hydrogen) atoms. The van der Waals surface area contributed by atoms with Gasteiger partial charge in [0, 0.05) is 16.8 Å². The average Bonchev–Trinajstić information content (AvgIpc) is 3.47. The van der Waals surface area contributed by atoms with Crippen LogP contribution in [0.3, 0.4) is 0 Å². The van der Waals surface area contributed by atoms with Crippen LogP contribution in [-0.4, -0.2) is 23.8 Å². The van der Waals surface area contributed by atoms with Crippen LogP contribution in [0.5, 0.6) is 0 Å². The van der Waals surface area contributed by atoms with E-state index < -0.39 is 11.2 Å². The molecule has 6 aromatic carbocycles. The number of rotatable bonds is 9. The normalized spacial score (nSPS) is 12.0. The predicted molar refractivity (Wildman–Crippen MR) is 196 cm³/mol. The van der Waals surface area contributed by atoms with Crippen LogP contribution >= 0.6 is 0 Å². The second kappa shape index (κ2) is 12.3. The van der Waals surface area contributed by atoms with Crippen LogP contribution in [0.1, 0.15) is 27.7 Å². The molecule has 4 nitrogen and oxygen atoms in total. The van der Waals surface area contributed by atoms with E-state index in [9.17, 15) is 5.11 Å². The molecule has 0 aliphatic heterocycles. The lowest BCUT2D eigenvalue weighted by molar-refractivity contribution is -0.0893. The summed E-state index contributed by atoms with van der Waals surface area (Å²) < 4.78 is 12.7. The first-order chi connectivity index (χ1) is 22.7. The van der Waals surface area contributed by atoms with Gasteiger partial charge in [0.2, 0.25) is 0 Å². The topological polar surface area (TPSA) is 45.8 Å². The molecule has 7 rings (SSSR count). The molecule has 1 heterocycles. The molecule has 5 heteroatoms. The Kier molecular flexibility index (Phi) is 7.97. The molecule has 231 valence electrons. The summed E-state index contributed by atoms with van der Waals surface area (Å²) in [5.41, 5.74) is 8.15. The van der Waals surface area contributed by atoms with E-state index in [1.807, 2.05) is 50.2 Å². The molecule has 0 saturated heterocycles. The minimum atomic E-state index is -1.05. The van der Waals surface area contributed by atoms with Crippen LogP contribution in [0.15, 0.2) is 150 Å². The maximum Gasteiger partial charge on any atom is 0.331 e. The Balaban J connectivity index is 1.41. The molecule has 0 bridgehead atoms. The smallest absolute Gasteiger partial charge is 0.331 e. The molecule has 0 amide bonds. The van der Waals surface area contributed by atoms with Crippen molar-refractivity contribution in [3.05, 3.63) is 146 Å². The number of furan rings is 1. The Morgan fingerprint density at radius 3 is 1.60 bits per heavy atom. The molecular formula is C42H37BNO3. The van der Waals surface area contributed by atoms with Crippen molar-refractivity contribution in [3.63, 3.8) is 0 Å². The average molecular weight is 615 g/mol. The number of para-hydroxylation sites is 1. The molecule has 0 aliphatic rings. The first-order valence-electron chi connectivity index (χ1n) is 16.0. The van der Waals surface area contributed by atoms with Gasteiger partial charge in [-0.05, 0) is 97.9 Å². The molecular weight excluding hydrogens is 577 g/mol. The van der Waals surface area contributed by atoms with Gasteiger partial charge in [0.25, 0.3) is 0 Å². The second-order valence-corrected chi connectivity index (χ2v) is 13.0. The number of hydrogen-bond acceptors (Lipinski definition) is 4. The lowest BCUT2D eigenvalue weighted by Crippen LogP contribution is -2.49. The van der Waals surface area contributed by atoms with Crippen molar-refractivity contribution in [1.82, 2.24) is 0 Å². The van der Waals surface area contributed by atoms with Crippen molar-refractivity contribution in [1.29, 1.82) is 0 Å². The molecule has 0 saturated carbocycles. The largest absolute Gasteiger partial charge is 0.456 e. The van der Waals surface area contributed by atoms with Gasteiger partial charge in [-0.25, -0.2) is 0 Å². The van der Waals surface area contributed by atoms with Crippen molar-refractivity contribution in [2.45, 2.75) is 38.9 Å². The Hall–Kier alpha value is -5.10. The minimum Gasteiger partial charge on any atom is -0.456 e. The van der Waals surface area contributed by atoms with Crippen LogP contribution in [0.25, 0.3) is 44.2 Å². The number of aliphatic hydroxyl groups is 1. The highest BCUT2D eigenvalue weighted by molar-refractivity contribution is 6.48. The predicted octanol–water partition coefficient (Wildman–Crippen LogP) is 10.2. The summed E-state index contributed by atoms with van der Waals surface area (Å²) in [7, 11) is 1.73. The third kappa shape index (κ3) is 6.08. The monoisotopic (exact) mass is 614 g/mol. The van der Waals surface area contributed by atoms with E-state index in [1.54, 1.807) is 21.3 Å². The summed E-state index contributed by atoms with van der Waals surface area (Å²) in [6.45, 7) is 7.29. The third-order valence-corrected chi connectivity index (χ3v) is 9.15. The van der Waals surface area contributed by atoms with Gasteiger partial charge < -0.3 is 19.1 Å². The molecule has 0 aliphatic carbocycles. The zero-order valence-electron chi connectivity index (χ0n) is 27.1. The van der Waals surface area contributed by atoms with Crippen LogP contribution in [0.2, 0.25) is 0 Å². The van der Waals surface area contributed by atoms with E-state index in [4.69, 9.17) is 9.07 Å². The van der Waals surface area contributed by atoms with E-state index in [1.165, 1.54) is 11.1 Å².